The molecule has 0 radical (unpaired) electrons. The van der Waals surface area contributed by atoms with Crippen LogP contribution in [0, 0.1) is 11.8 Å². The van der Waals surface area contributed by atoms with Gasteiger partial charge in [0, 0.05) is 0 Å². The number of rotatable bonds is 3. The first kappa shape index (κ1) is 14.3. The molecule has 116 valence electrons. The zero-order valence-electron chi connectivity index (χ0n) is 13.7. The standard InChI is InChI=1S/C21H26O/c1-3-14(2)16-5-6-18-12-20(9-7-17(18)11-16)21(22)13-15-4-8-19(21)10-15/h5-7,9,11-12,14-15,19,22H,3-4,8,10,13H2,1-2H3. The molecule has 4 rings (SSSR count). The number of hydrogen-bond donors (Lipinski definition) is 1. The van der Waals surface area contributed by atoms with E-state index in [4.69, 9.17) is 0 Å². The van der Waals surface area contributed by atoms with Crippen LogP contribution in [0.1, 0.15) is 63.0 Å². The molecule has 0 aromatic heterocycles. The highest BCUT2D eigenvalue weighted by Crippen LogP contribution is 2.55. The number of hydrogen-bond acceptors (Lipinski definition) is 1. The SMILES string of the molecule is CCC(C)c1ccc2cc(C3(O)CC4CCC3C4)ccc2c1. The average molecular weight is 294 g/mol. The third-order valence-electron chi connectivity index (χ3n) is 6.36. The molecule has 0 aliphatic heterocycles. The molecule has 4 unspecified atom stereocenters. The van der Waals surface area contributed by atoms with Crippen LogP contribution in [0.4, 0.5) is 0 Å². The molecule has 2 aliphatic rings. The monoisotopic (exact) mass is 294 g/mol. The topological polar surface area (TPSA) is 20.2 Å². The van der Waals surface area contributed by atoms with Crippen LogP contribution in [0.25, 0.3) is 10.8 Å². The molecule has 2 aromatic carbocycles. The molecule has 2 fully saturated rings. The zero-order valence-corrected chi connectivity index (χ0v) is 13.7. The van der Waals surface area contributed by atoms with Crippen LogP contribution in [-0.2, 0) is 5.60 Å². The van der Waals surface area contributed by atoms with Gasteiger partial charge < -0.3 is 5.11 Å². The van der Waals surface area contributed by atoms with Gasteiger partial charge in [-0.05, 0) is 77.8 Å². The van der Waals surface area contributed by atoms with Crippen molar-refractivity contribution in [3.8, 4) is 0 Å². The van der Waals surface area contributed by atoms with Gasteiger partial charge in [0.05, 0.1) is 5.60 Å². The van der Waals surface area contributed by atoms with E-state index in [0.717, 1.165) is 17.9 Å². The van der Waals surface area contributed by atoms with Gasteiger partial charge in [0.1, 0.15) is 0 Å². The Labute approximate surface area is 133 Å². The Morgan fingerprint density at radius 3 is 2.59 bits per heavy atom. The second-order valence-corrected chi connectivity index (χ2v) is 7.64. The lowest BCUT2D eigenvalue weighted by Gasteiger charge is -2.33. The zero-order chi connectivity index (χ0) is 15.3. The minimum absolute atomic E-state index is 0.481. The lowest BCUT2D eigenvalue weighted by Crippen LogP contribution is -2.32. The van der Waals surface area contributed by atoms with Crippen molar-refractivity contribution in [2.45, 2.75) is 57.5 Å². The largest absolute Gasteiger partial charge is 0.385 e. The van der Waals surface area contributed by atoms with Gasteiger partial charge in [0.15, 0.2) is 0 Å². The van der Waals surface area contributed by atoms with Crippen LogP contribution in [-0.4, -0.2) is 5.11 Å². The van der Waals surface area contributed by atoms with Crippen molar-refractivity contribution in [2.75, 3.05) is 0 Å². The molecular weight excluding hydrogens is 268 g/mol. The van der Waals surface area contributed by atoms with Crippen molar-refractivity contribution in [1.29, 1.82) is 0 Å². The highest BCUT2D eigenvalue weighted by Gasteiger charge is 2.50. The van der Waals surface area contributed by atoms with Gasteiger partial charge in [-0.2, -0.15) is 0 Å². The third kappa shape index (κ3) is 2.10. The summed E-state index contributed by atoms with van der Waals surface area (Å²) in [6.07, 6.45) is 5.88. The molecule has 0 saturated heterocycles. The quantitative estimate of drug-likeness (QED) is 0.808. The van der Waals surface area contributed by atoms with E-state index in [1.165, 1.54) is 42.0 Å². The summed E-state index contributed by atoms with van der Waals surface area (Å²) in [5.41, 5.74) is 2.00. The summed E-state index contributed by atoms with van der Waals surface area (Å²) < 4.78 is 0. The maximum absolute atomic E-state index is 11.2. The van der Waals surface area contributed by atoms with E-state index in [1.54, 1.807) is 0 Å². The van der Waals surface area contributed by atoms with Crippen molar-refractivity contribution in [2.24, 2.45) is 11.8 Å². The highest BCUT2D eigenvalue weighted by atomic mass is 16.3. The van der Waals surface area contributed by atoms with Gasteiger partial charge in [-0.15, -0.1) is 0 Å². The summed E-state index contributed by atoms with van der Waals surface area (Å²) in [4.78, 5) is 0. The highest BCUT2D eigenvalue weighted by molar-refractivity contribution is 5.84. The Balaban J connectivity index is 1.72. The molecule has 0 heterocycles. The third-order valence-corrected chi connectivity index (χ3v) is 6.36. The molecule has 2 saturated carbocycles. The van der Waals surface area contributed by atoms with Crippen molar-refractivity contribution >= 4 is 10.8 Å². The van der Waals surface area contributed by atoms with E-state index in [2.05, 4.69) is 50.2 Å². The summed E-state index contributed by atoms with van der Waals surface area (Å²) in [5.74, 6) is 1.84. The number of aliphatic hydroxyl groups is 1. The summed E-state index contributed by atoms with van der Waals surface area (Å²) in [6, 6.07) is 13.4. The fraction of sp³-hybridized carbons (Fsp3) is 0.524. The Bertz CT molecular complexity index is 704. The molecule has 2 aromatic rings. The van der Waals surface area contributed by atoms with E-state index in [1.807, 2.05) is 0 Å². The molecule has 0 amide bonds. The molecule has 2 aliphatic carbocycles. The fourth-order valence-electron chi connectivity index (χ4n) is 4.73. The lowest BCUT2D eigenvalue weighted by molar-refractivity contribution is -0.0181. The first-order chi connectivity index (χ1) is 10.6. The van der Waals surface area contributed by atoms with Gasteiger partial charge in [0.25, 0.3) is 0 Å². The Morgan fingerprint density at radius 2 is 1.91 bits per heavy atom. The molecular formula is C21H26O. The van der Waals surface area contributed by atoms with Gasteiger partial charge >= 0.3 is 0 Å². The summed E-state index contributed by atoms with van der Waals surface area (Å²) in [5, 5.41) is 13.8. The molecule has 1 nitrogen and oxygen atoms in total. The van der Waals surface area contributed by atoms with Crippen molar-refractivity contribution in [3.05, 3.63) is 47.5 Å². The molecule has 1 heteroatoms. The number of fused-ring (bicyclic) bond motifs is 3. The van der Waals surface area contributed by atoms with Gasteiger partial charge in [-0.1, -0.05) is 44.2 Å². The smallest absolute Gasteiger partial charge is 0.0927 e. The summed E-state index contributed by atoms with van der Waals surface area (Å²) >= 11 is 0. The first-order valence-electron chi connectivity index (χ1n) is 8.86. The predicted molar refractivity (Wildman–Crippen MR) is 92.0 cm³/mol. The molecule has 0 spiro atoms. The van der Waals surface area contributed by atoms with Gasteiger partial charge in [-0.25, -0.2) is 0 Å². The van der Waals surface area contributed by atoms with Crippen molar-refractivity contribution in [1.82, 2.24) is 0 Å². The number of benzene rings is 2. The van der Waals surface area contributed by atoms with Crippen LogP contribution in [0.2, 0.25) is 0 Å². The van der Waals surface area contributed by atoms with Crippen LogP contribution < -0.4 is 0 Å². The van der Waals surface area contributed by atoms with Crippen LogP contribution in [0.15, 0.2) is 36.4 Å². The normalized spacial score (nSPS) is 31.8. The maximum atomic E-state index is 11.2. The Hall–Kier alpha value is -1.34. The van der Waals surface area contributed by atoms with Crippen molar-refractivity contribution in [3.63, 3.8) is 0 Å². The fourth-order valence-corrected chi connectivity index (χ4v) is 4.73. The second-order valence-electron chi connectivity index (χ2n) is 7.64. The molecule has 1 N–H and O–H groups in total. The van der Waals surface area contributed by atoms with E-state index in [0.29, 0.717) is 11.8 Å². The molecule has 22 heavy (non-hydrogen) atoms. The predicted octanol–water partition coefficient (Wildman–Crippen LogP) is 5.36. The summed E-state index contributed by atoms with van der Waals surface area (Å²) in [6.45, 7) is 4.52. The van der Waals surface area contributed by atoms with Crippen LogP contribution in [0.5, 0.6) is 0 Å². The maximum Gasteiger partial charge on any atom is 0.0927 e. The minimum atomic E-state index is -0.563. The van der Waals surface area contributed by atoms with E-state index in [-0.39, 0.29) is 0 Å². The van der Waals surface area contributed by atoms with Crippen LogP contribution in [0.3, 0.4) is 0 Å². The Kier molecular flexibility index (Phi) is 3.30. The Morgan fingerprint density at radius 1 is 1.14 bits per heavy atom. The first-order valence-corrected chi connectivity index (χ1v) is 8.86. The molecule has 4 atom stereocenters. The van der Waals surface area contributed by atoms with E-state index in [9.17, 15) is 5.11 Å². The van der Waals surface area contributed by atoms with Gasteiger partial charge in [-0.3, -0.25) is 0 Å². The van der Waals surface area contributed by atoms with Gasteiger partial charge in [0.2, 0.25) is 0 Å². The summed E-state index contributed by atoms with van der Waals surface area (Å²) in [7, 11) is 0. The van der Waals surface area contributed by atoms with E-state index >= 15 is 0 Å². The second kappa shape index (κ2) is 5.09. The van der Waals surface area contributed by atoms with Crippen molar-refractivity contribution < 1.29 is 5.11 Å². The molecule has 2 bridgehead atoms. The minimum Gasteiger partial charge on any atom is -0.385 e. The van der Waals surface area contributed by atoms with E-state index < -0.39 is 5.60 Å². The average Bonchev–Trinajstić information content (AvgIpc) is 3.14. The van der Waals surface area contributed by atoms with Crippen LogP contribution >= 0.6 is 0 Å². The lowest BCUT2D eigenvalue weighted by atomic mass is 9.78.